The lowest BCUT2D eigenvalue weighted by atomic mass is 10.1. The van der Waals surface area contributed by atoms with Crippen molar-refractivity contribution in [3.05, 3.63) is 30.7 Å². The van der Waals surface area contributed by atoms with Crippen molar-refractivity contribution >= 4 is 11.4 Å². The van der Waals surface area contributed by atoms with Gasteiger partial charge in [0.2, 0.25) is 0 Å². The third-order valence-electron chi connectivity index (χ3n) is 2.80. The van der Waals surface area contributed by atoms with Crippen molar-refractivity contribution in [1.29, 1.82) is 0 Å². The third kappa shape index (κ3) is 1.84. The highest BCUT2D eigenvalue weighted by Crippen LogP contribution is 2.25. The van der Waals surface area contributed by atoms with Crippen LogP contribution in [0, 0.1) is 6.92 Å². The van der Waals surface area contributed by atoms with Gasteiger partial charge in [-0.05, 0) is 49.9 Å². The predicted molar refractivity (Wildman–Crippen MR) is 61.4 cm³/mol. The van der Waals surface area contributed by atoms with Crippen LogP contribution in [0.4, 0.5) is 11.4 Å². The molecule has 14 heavy (non-hydrogen) atoms. The summed E-state index contributed by atoms with van der Waals surface area (Å²) in [6, 6.07) is 5.99. The molecule has 0 unspecified atom stereocenters. The molecule has 1 aromatic rings. The molecule has 0 bridgehead atoms. The molecule has 1 aliphatic rings. The molecule has 2 heteroatoms. The molecule has 75 valence electrons. The summed E-state index contributed by atoms with van der Waals surface area (Å²) in [5.41, 5.74) is 8.80. The van der Waals surface area contributed by atoms with E-state index in [0.717, 1.165) is 24.3 Å². The van der Waals surface area contributed by atoms with Gasteiger partial charge in [-0.2, -0.15) is 0 Å². The molecule has 0 aliphatic carbocycles. The van der Waals surface area contributed by atoms with E-state index in [4.69, 9.17) is 5.73 Å². The first-order chi connectivity index (χ1) is 6.77. The summed E-state index contributed by atoms with van der Waals surface area (Å²) < 4.78 is 0. The molecular weight excluding hydrogens is 172 g/mol. The van der Waals surface area contributed by atoms with Crippen LogP contribution in [0.2, 0.25) is 0 Å². The van der Waals surface area contributed by atoms with E-state index in [0.29, 0.717) is 0 Å². The lowest BCUT2D eigenvalue weighted by Crippen LogP contribution is -2.29. The van der Waals surface area contributed by atoms with Crippen molar-refractivity contribution in [3.8, 4) is 0 Å². The molecule has 0 saturated carbocycles. The topological polar surface area (TPSA) is 29.3 Å². The van der Waals surface area contributed by atoms with Gasteiger partial charge >= 0.3 is 0 Å². The van der Waals surface area contributed by atoms with Crippen molar-refractivity contribution in [2.24, 2.45) is 0 Å². The zero-order valence-electron chi connectivity index (χ0n) is 8.50. The third-order valence-corrected chi connectivity index (χ3v) is 2.80. The Bertz CT molecular complexity index is 314. The Labute approximate surface area is 85.7 Å². The van der Waals surface area contributed by atoms with Crippen LogP contribution in [0.1, 0.15) is 24.8 Å². The number of nitrogens with two attached hydrogens (primary N) is 1. The summed E-state index contributed by atoms with van der Waals surface area (Å²) in [6.07, 6.45) is 3.95. The summed E-state index contributed by atoms with van der Waals surface area (Å²) in [4.78, 5) is 2.41. The Hall–Kier alpha value is -1.18. The van der Waals surface area contributed by atoms with Crippen molar-refractivity contribution in [1.82, 2.24) is 0 Å². The van der Waals surface area contributed by atoms with Crippen LogP contribution in [0.3, 0.4) is 0 Å². The number of hydrogen-bond acceptors (Lipinski definition) is 2. The molecule has 2 N–H and O–H groups in total. The fourth-order valence-corrected chi connectivity index (χ4v) is 2.05. The monoisotopic (exact) mass is 189 g/mol. The number of hydrogen-bond donors (Lipinski definition) is 1. The molecule has 0 aromatic heterocycles. The van der Waals surface area contributed by atoms with Crippen LogP contribution < -0.4 is 10.6 Å². The van der Waals surface area contributed by atoms with Gasteiger partial charge in [0.25, 0.3) is 0 Å². The average molecular weight is 189 g/mol. The van der Waals surface area contributed by atoms with Gasteiger partial charge < -0.3 is 10.6 Å². The Morgan fingerprint density at radius 1 is 1.14 bits per heavy atom. The van der Waals surface area contributed by atoms with E-state index in [1.165, 1.54) is 24.9 Å². The maximum atomic E-state index is 5.70. The number of anilines is 2. The molecule has 2 rings (SSSR count). The lowest BCUT2D eigenvalue weighted by molar-refractivity contribution is 0.577. The van der Waals surface area contributed by atoms with Crippen LogP contribution in [-0.2, 0) is 0 Å². The molecule has 0 amide bonds. The van der Waals surface area contributed by atoms with Crippen LogP contribution in [0.25, 0.3) is 0 Å². The molecule has 1 aromatic carbocycles. The molecule has 1 fully saturated rings. The molecule has 0 spiro atoms. The predicted octanol–water partition coefficient (Wildman–Crippen LogP) is 2.44. The fraction of sp³-hybridized carbons (Fsp3) is 0.417. The van der Waals surface area contributed by atoms with Crippen LogP contribution >= 0.6 is 0 Å². The van der Waals surface area contributed by atoms with Crippen LogP contribution in [-0.4, -0.2) is 13.1 Å². The van der Waals surface area contributed by atoms with Gasteiger partial charge in [0.1, 0.15) is 0 Å². The molecule has 1 heterocycles. The average Bonchev–Trinajstić information content (AvgIpc) is 2.19. The van der Waals surface area contributed by atoms with Gasteiger partial charge in [-0.15, -0.1) is 0 Å². The van der Waals surface area contributed by atoms with Gasteiger partial charge in [0.05, 0.1) is 0 Å². The van der Waals surface area contributed by atoms with Gasteiger partial charge in [0, 0.05) is 24.5 Å². The molecule has 1 radical (unpaired) electrons. The zero-order valence-corrected chi connectivity index (χ0v) is 8.50. The highest BCUT2D eigenvalue weighted by atomic mass is 15.1. The van der Waals surface area contributed by atoms with E-state index >= 15 is 0 Å². The number of benzene rings is 1. The van der Waals surface area contributed by atoms with E-state index in [-0.39, 0.29) is 0 Å². The summed E-state index contributed by atoms with van der Waals surface area (Å²) in [6.45, 7) is 6.35. The molecule has 1 saturated heterocycles. The van der Waals surface area contributed by atoms with E-state index in [1.807, 2.05) is 12.1 Å². The van der Waals surface area contributed by atoms with Crippen LogP contribution in [0.5, 0.6) is 0 Å². The molecule has 2 nitrogen and oxygen atoms in total. The van der Waals surface area contributed by atoms with Gasteiger partial charge in [-0.3, -0.25) is 0 Å². The smallest absolute Gasteiger partial charge is 0.0400 e. The number of nitrogens with zero attached hydrogens (tertiary/aromatic N) is 1. The number of rotatable bonds is 1. The van der Waals surface area contributed by atoms with E-state index in [2.05, 4.69) is 17.9 Å². The minimum Gasteiger partial charge on any atom is -0.399 e. The Kier molecular flexibility index (Phi) is 2.62. The van der Waals surface area contributed by atoms with Crippen LogP contribution in [0.15, 0.2) is 18.2 Å². The first kappa shape index (κ1) is 9.38. The van der Waals surface area contributed by atoms with Crippen molar-refractivity contribution in [2.75, 3.05) is 23.7 Å². The SMILES string of the molecule is [CH2]c1cc(N)ccc1N1CCCCC1. The first-order valence-electron chi connectivity index (χ1n) is 5.24. The Morgan fingerprint density at radius 3 is 2.50 bits per heavy atom. The lowest BCUT2D eigenvalue weighted by Gasteiger charge is -2.30. The second kappa shape index (κ2) is 3.91. The van der Waals surface area contributed by atoms with Crippen molar-refractivity contribution in [3.63, 3.8) is 0 Å². The summed E-state index contributed by atoms with van der Waals surface area (Å²) >= 11 is 0. The highest BCUT2D eigenvalue weighted by Gasteiger charge is 2.12. The Morgan fingerprint density at radius 2 is 1.86 bits per heavy atom. The maximum absolute atomic E-state index is 5.70. The molecule has 1 aliphatic heterocycles. The maximum Gasteiger partial charge on any atom is 0.0400 e. The van der Waals surface area contributed by atoms with E-state index < -0.39 is 0 Å². The second-order valence-electron chi connectivity index (χ2n) is 3.94. The fourth-order valence-electron chi connectivity index (χ4n) is 2.05. The van der Waals surface area contributed by atoms with E-state index in [9.17, 15) is 0 Å². The Balaban J connectivity index is 2.22. The summed E-state index contributed by atoms with van der Waals surface area (Å²) in [7, 11) is 0. The summed E-state index contributed by atoms with van der Waals surface area (Å²) in [5.74, 6) is 0. The normalized spacial score (nSPS) is 17.1. The quantitative estimate of drug-likeness (QED) is 0.687. The van der Waals surface area contributed by atoms with Gasteiger partial charge in [0.15, 0.2) is 0 Å². The minimum absolute atomic E-state index is 0.802. The van der Waals surface area contributed by atoms with E-state index in [1.54, 1.807) is 0 Å². The first-order valence-corrected chi connectivity index (χ1v) is 5.24. The highest BCUT2D eigenvalue weighted by molar-refractivity contribution is 5.61. The second-order valence-corrected chi connectivity index (χ2v) is 3.94. The van der Waals surface area contributed by atoms with Gasteiger partial charge in [-0.1, -0.05) is 0 Å². The summed E-state index contributed by atoms with van der Waals surface area (Å²) in [5, 5.41) is 0. The zero-order chi connectivity index (χ0) is 9.97. The van der Waals surface area contributed by atoms with Crippen molar-refractivity contribution < 1.29 is 0 Å². The molecular formula is C12H17N2. The number of nitrogen functional groups attached to an aromatic ring is 1. The van der Waals surface area contributed by atoms with Crippen molar-refractivity contribution in [2.45, 2.75) is 19.3 Å². The molecule has 0 atom stereocenters. The number of piperidine rings is 1. The largest absolute Gasteiger partial charge is 0.399 e. The van der Waals surface area contributed by atoms with Gasteiger partial charge in [-0.25, -0.2) is 0 Å². The minimum atomic E-state index is 0.802. The standard InChI is InChI=1S/C12H17N2/c1-10-9-11(13)5-6-12(10)14-7-3-2-4-8-14/h5-6,9H,1-4,7-8,13H2.